The average molecular weight is 315 g/mol. The zero-order valence-electron chi connectivity index (χ0n) is 12.1. The van der Waals surface area contributed by atoms with Crippen LogP contribution in [0.4, 0.5) is 0 Å². The van der Waals surface area contributed by atoms with Crippen LogP contribution in [0.15, 0.2) is 41.3 Å². The van der Waals surface area contributed by atoms with Crippen molar-refractivity contribution in [2.24, 2.45) is 0 Å². The van der Waals surface area contributed by atoms with Gasteiger partial charge in [0, 0.05) is 29.7 Å². The lowest BCUT2D eigenvalue weighted by molar-refractivity contribution is -0.131. The van der Waals surface area contributed by atoms with E-state index in [0.717, 1.165) is 18.3 Å². The van der Waals surface area contributed by atoms with Gasteiger partial charge < -0.3 is 19.9 Å². The second-order valence-electron chi connectivity index (χ2n) is 4.79. The molecule has 0 saturated heterocycles. The fourth-order valence-corrected chi connectivity index (χ4v) is 2.11. The summed E-state index contributed by atoms with van der Waals surface area (Å²) in [5, 5.41) is 27.3. The van der Waals surface area contributed by atoms with Gasteiger partial charge in [-0.05, 0) is 36.8 Å². The number of carboxylic acids is 2. The van der Waals surface area contributed by atoms with Crippen LogP contribution in [0.1, 0.15) is 21.6 Å². The van der Waals surface area contributed by atoms with Gasteiger partial charge in [0.25, 0.3) is 0 Å². The van der Waals surface area contributed by atoms with Crippen LogP contribution in [0.3, 0.4) is 0 Å². The number of rotatable bonds is 4. The third kappa shape index (κ3) is 3.46. The highest BCUT2D eigenvalue weighted by atomic mass is 16.4. The van der Waals surface area contributed by atoms with Crippen molar-refractivity contribution in [3.8, 4) is 11.4 Å². The van der Waals surface area contributed by atoms with Gasteiger partial charge in [0.2, 0.25) is 0 Å². The van der Waals surface area contributed by atoms with Crippen molar-refractivity contribution in [3.63, 3.8) is 0 Å². The van der Waals surface area contributed by atoms with Gasteiger partial charge in [0.05, 0.1) is 0 Å². The Hall–Kier alpha value is -3.35. The highest BCUT2D eigenvalue weighted by Crippen LogP contribution is 2.21. The van der Waals surface area contributed by atoms with Gasteiger partial charge in [-0.25, -0.2) is 9.59 Å². The van der Waals surface area contributed by atoms with Gasteiger partial charge in [0.15, 0.2) is 5.43 Å². The smallest absolute Gasteiger partial charge is 0.341 e. The Bertz CT molecular complexity index is 879. The molecule has 0 amide bonds. The number of pyridine rings is 1. The lowest BCUT2D eigenvalue weighted by Gasteiger charge is -2.14. The lowest BCUT2D eigenvalue weighted by Crippen LogP contribution is -2.18. The predicted octanol–water partition coefficient (Wildman–Crippen LogP) is 1.65. The molecule has 0 aliphatic carbocycles. The number of aromatic hydroxyl groups is 1. The normalized spacial score (nSPS) is 10.8. The van der Waals surface area contributed by atoms with E-state index in [1.807, 2.05) is 0 Å². The Kier molecular flexibility index (Phi) is 4.31. The van der Waals surface area contributed by atoms with Crippen LogP contribution < -0.4 is 5.43 Å². The number of hydrogen-bond donors (Lipinski definition) is 3. The van der Waals surface area contributed by atoms with Crippen molar-refractivity contribution in [3.05, 3.63) is 63.6 Å². The number of carboxylic acid groups (broad SMARTS) is 2. The van der Waals surface area contributed by atoms with Gasteiger partial charge in [-0.1, -0.05) is 0 Å². The van der Waals surface area contributed by atoms with Crippen molar-refractivity contribution < 1.29 is 24.9 Å². The van der Waals surface area contributed by atoms with Crippen molar-refractivity contribution >= 4 is 18.0 Å². The van der Waals surface area contributed by atoms with Crippen molar-refractivity contribution in [2.45, 2.75) is 6.92 Å². The summed E-state index contributed by atoms with van der Waals surface area (Å²) in [6, 6.07) is 5.47. The zero-order chi connectivity index (χ0) is 17.1. The molecule has 2 rings (SSSR count). The van der Waals surface area contributed by atoms with Crippen molar-refractivity contribution in [1.82, 2.24) is 4.57 Å². The van der Waals surface area contributed by atoms with Crippen LogP contribution >= 0.6 is 0 Å². The molecule has 0 unspecified atom stereocenters. The fourth-order valence-electron chi connectivity index (χ4n) is 2.11. The molecule has 1 aromatic carbocycles. The number of benzene rings is 1. The summed E-state index contributed by atoms with van der Waals surface area (Å²) in [4.78, 5) is 33.7. The Morgan fingerprint density at radius 1 is 1.17 bits per heavy atom. The Labute approximate surface area is 130 Å². The maximum absolute atomic E-state index is 11.8. The van der Waals surface area contributed by atoms with E-state index in [4.69, 9.17) is 10.2 Å². The molecule has 1 heterocycles. The number of aliphatic carboxylic acids is 1. The molecule has 2 aromatic rings. The largest absolute Gasteiger partial charge is 0.508 e. The summed E-state index contributed by atoms with van der Waals surface area (Å²) in [6.07, 6.45) is 3.18. The fraction of sp³-hybridized carbons (Fsp3) is 0.0625. The van der Waals surface area contributed by atoms with Gasteiger partial charge in [-0.15, -0.1) is 0 Å². The molecular weight excluding hydrogens is 302 g/mol. The Morgan fingerprint density at radius 3 is 2.43 bits per heavy atom. The molecular formula is C16H13NO6. The minimum atomic E-state index is -1.38. The van der Waals surface area contributed by atoms with E-state index >= 15 is 0 Å². The molecule has 0 aliphatic rings. The maximum Gasteiger partial charge on any atom is 0.341 e. The average Bonchev–Trinajstić information content (AvgIpc) is 2.45. The van der Waals surface area contributed by atoms with Crippen LogP contribution in [0.5, 0.6) is 5.75 Å². The highest BCUT2D eigenvalue weighted by molar-refractivity contribution is 5.88. The number of aromatic carboxylic acids is 1. The molecule has 7 nitrogen and oxygen atoms in total. The zero-order valence-corrected chi connectivity index (χ0v) is 12.1. The Morgan fingerprint density at radius 2 is 1.87 bits per heavy atom. The molecule has 0 saturated carbocycles. The second-order valence-corrected chi connectivity index (χ2v) is 4.79. The molecule has 7 heteroatoms. The molecule has 118 valence electrons. The topological polar surface area (TPSA) is 117 Å². The first-order valence-corrected chi connectivity index (χ1v) is 6.50. The number of hydrogen-bond acceptors (Lipinski definition) is 4. The van der Waals surface area contributed by atoms with E-state index in [1.165, 1.54) is 22.8 Å². The van der Waals surface area contributed by atoms with Crippen molar-refractivity contribution in [2.75, 3.05) is 0 Å². The molecule has 0 bridgehead atoms. The maximum atomic E-state index is 11.8. The first-order chi connectivity index (χ1) is 10.8. The van der Waals surface area contributed by atoms with Crippen molar-refractivity contribution in [1.29, 1.82) is 0 Å². The van der Waals surface area contributed by atoms with Gasteiger partial charge in [-0.3, -0.25) is 4.79 Å². The van der Waals surface area contributed by atoms with Crippen LogP contribution in [0, 0.1) is 6.92 Å². The van der Waals surface area contributed by atoms with Gasteiger partial charge in [-0.2, -0.15) is 0 Å². The van der Waals surface area contributed by atoms with E-state index in [9.17, 15) is 19.5 Å². The summed E-state index contributed by atoms with van der Waals surface area (Å²) in [6.45, 7) is 1.69. The summed E-state index contributed by atoms with van der Waals surface area (Å²) in [5.74, 6) is -2.55. The molecule has 0 aliphatic heterocycles. The molecule has 0 spiro atoms. The first-order valence-electron chi connectivity index (χ1n) is 6.50. The molecule has 1 aromatic heterocycles. The molecule has 0 atom stereocenters. The number of phenols is 1. The van der Waals surface area contributed by atoms with Crippen LogP contribution in [-0.4, -0.2) is 31.8 Å². The highest BCUT2D eigenvalue weighted by Gasteiger charge is 2.14. The summed E-state index contributed by atoms with van der Waals surface area (Å²) in [5.41, 5.74) is 0.168. The summed E-state index contributed by atoms with van der Waals surface area (Å²) < 4.78 is 1.39. The second kappa shape index (κ2) is 6.18. The van der Waals surface area contributed by atoms with E-state index in [-0.39, 0.29) is 11.4 Å². The Balaban J connectivity index is 2.76. The minimum Gasteiger partial charge on any atom is -0.508 e. The summed E-state index contributed by atoms with van der Waals surface area (Å²) >= 11 is 0. The molecule has 3 N–H and O–H groups in total. The third-order valence-corrected chi connectivity index (χ3v) is 3.15. The number of nitrogens with zero attached hydrogens (tertiary/aromatic N) is 1. The monoisotopic (exact) mass is 315 g/mol. The quantitative estimate of drug-likeness (QED) is 0.739. The van der Waals surface area contributed by atoms with E-state index in [0.29, 0.717) is 11.3 Å². The van der Waals surface area contributed by atoms with Crippen LogP contribution in [0.25, 0.3) is 11.8 Å². The van der Waals surface area contributed by atoms with Gasteiger partial charge >= 0.3 is 11.9 Å². The van der Waals surface area contributed by atoms with E-state index < -0.39 is 22.9 Å². The molecule has 0 radical (unpaired) electrons. The van der Waals surface area contributed by atoms with Crippen LogP contribution in [-0.2, 0) is 4.79 Å². The van der Waals surface area contributed by atoms with Gasteiger partial charge in [0.1, 0.15) is 11.3 Å². The predicted molar refractivity (Wildman–Crippen MR) is 82.1 cm³/mol. The number of aryl methyl sites for hydroxylation is 1. The number of phenolic OH excluding ortho intramolecular Hbond substituents is 1. The standard InChI is InChI=1S/C16H13NO6/c1-9-6-11(18)3-4-13(9)17-8-12(16(22)23)14(19)7-10(17)2-5-15(20)21/h2-8,18H,1H3,(H,20,21)(H,22,23). The minimum absolute atomic E-state index is 0.0355. The molecule has 23 heavy (non-hydrogen) atoms. The lowest BCUT2D eigenvalue weighted by atomic mass is 10.1. The number of carbonyl (C=O) groups is 2. The number of aromatic nitrogens is 1. The first kappa shape index (κ1) is 16.0. The summed E-state index contributed by atoms with van der Waals surface area (Å²) in [7, 11) is 0. The SMILES string of the molecule is Cc1cc(O)ccc1-n1cc(C(=O)O)c(=O)cc1C=CC(=O)O. The molecule has 0 fully saturated rings. The van der Waals surface area contributed by atoms with E-state index in [2.05, 4.69) is 0 Å². The third-order valence-electron chi connectivity index (χ3n) is 3.15. The van der Waals surface area contributed by atoms with E-state index in [1.54, 1.807) is 13.0 Å². The van der Waals surface area contributed by atoms with Crippen LogP contribution in [0.2, 0.25) is 0 Å².